The first-order valence-electron chi connectivity index (χ1n) is 14.1. The predicted molar refractivity (Wildman–Crippen MR) is 134 cm³/mol. The Balaban J connectivity index is 1.37. The van der Waals surface area contributed by atoms with Crippen molar-refractivity contribution < 1.29 is 105 Å². The molecular formula is C24H42O21. The molecule has 0 aromatic carbocycles. The first-order chi connectivity index (χ1) is 21.2. The van der Waals surface area contributed by atoms with Gasteiger partial charge >= 0.3 is 0 Å². The molecule has 4 rings (SSSR count). The lowest BCUT2D eigenvalue weighted by molar-refractivity contribution is -0.363. The molecule has 20 atom stereocenters. The fraction of sp³-hybridized carbons (Fsp3) is 1.00. The maximum absolute atomic E-state index is 10.8. The molecular weight excluding hydrogens is 624 g/mol. The first-order valence-corrected chi connectivity index (χ1v) is 14.1. The smallest absolute Gasteiger partial charge is 0.187 e. The molecule has 0 spiro atoms. The molecule has 0 saturated carbocycles. The van der Waals surface area contributed by atoms with E-state index in [1.165, 1.54) is 0 Å². The van der Waals surface area contributed by atoms with E-state index in [4.69, 9.17) is 33.2 Å². The second-order valence-electron chi connectivity index (χ2n) is 11.2. The fourth-order valence-electron chi connectivity index (χ4n) is 5.33. The van der Waals surface area contributed by atoms with E-state index in [9.17, 15) is 71.5 Å². The van der Waals surface area contributed by atoms with Crippen LogP contribution in [0.4, 0.5) is 0 Å². The fourth-order valence-corrected chi connectivity index (χ4v) is 5.33. The molecule has 4 aliphatic heterocycles. The monoisotopic (exact) mass is 666 g/mol. The summed E-state index contributed by atoms with van der Waals surface area (Å²) in [6.07, 6.45) is -34.6. The molecule has 4 aliphatic rings. The third-order valence-electron chi connectivity index (χ3n) is 8.17. The zero-order chi connectivity index (χ0) is 33.3. The first kappa shape index (κ1) is 37.0. The summed E-state index contributed by atoms with van der Waals surface area (Å²) in [4.78, 5) is 0. The van der Waals surface area contributed by atoms with Crippen LogP contribution >= 0.6 is 0 Å². The Kier molecular flexibility index (Phi) is 12.8. The van der Waals surface area contributed by atoms with E-state index in [-0.39, 0.29) is 0 Å². The van der Waals surface area contributed by atoms with Crippen molar-refractivity contribution in [3.05, 3.63) is 0 Å². The average molecular weight is 667 g/mol. The highest BCUT2D eigenvalue weighted by Gasteiger charge is 2.52. The molecule has 4 saturated heterocycles. The number of aliphatic hydroxyl groups excluding tert-OH is 14. The SMILES string of the molecule is OC[C@H]1O[C@H](OC[C@H]2O[C@H](OC[C@H]3O[C@H](O)[C@@H](O)[C@@H](O[C@H]4O[C@H](CO)[C@@H](O)[C@H](O)[C@@H]4O)[C@@H]3O)[C@@H](O)[C@@H](O)[C@@H]2O)[C@@H](O)[C@@H](O)[C@@H]1O. The number of rotatable bonds is 10. The molecule has 14 N–H and O–H groups in total. The van der Waals surface area contributed by atoms with Gasteiger partial charge in [-0.25, -0.2) is 0 Å². The van der Waals surface area contributed by atoms with Crippen molar-refractivity contribution in [2.24, 2.45) is 0 Å². The second kappa shape index (κ2) is 15.6. The van der Waals surface area contributed by atoms with Crippen LogP contribution < -0.4 is 0 Å². The van der Waals surface area contributed by atoms with Gasteiger partial charge in [0.2, 0.25) is 0 Å². The van der Waals surface area contributed by atoms with E-state index in [1.54, 1.807) is 0 Å². The molecule has 0 amide bonds. The van der Waals surface area contributed by atoms with Crippen molar-refractivity contribution in [3.63, 3.8) is 0 Å². The predicted octanol–water partition coefficient (Wildman–Crippen LogP) is -9.75. The topological polar surface area (TPSA) is 348 Å². The molecule has 0 unspecified atom stereocenters. The van der Waals surface area contributed by atoms with Crippen LogP contribution in [0.15, 0.2) is 0 Å². The van der Waals surface area contributed by atoms with E-state index in [1.807, 2.05) is 0 Å². The van der Waals surface area contributed by atoms with Crippen LogP contribution in [0.1, 0.15) is 0 Å². The summed E-state index contributed by atoms with van der Waals surface area (Å²) in [5.74, 6) is 0. The zero-order valence-corrected chi connectivity index (χ0v) is 23.5. The molecule has 0 aromatic rings. The van der Waals surface area contributed by atoms with Crippen LogP contribution in [-0.2, 0) is 33.2 Å². The van der Waals surface area contributed by atoms with E-state index < -0.39 is 149 Å². The second-order valence-corrected chi connectivity index (χ2v) is 11.2. The Morgan fingerprint density at radius 3 is 1.22 bits per heavy atom. The quantitative estimate of drug-likeness (QED) is 0.103. The van der Waals surface area contributed by atoms with Gasteiger partial charge in [0, 0.05) is 0 Å². The Morgan fingerprint density at radius 2 is 0.756 bits per heavy atom. The highest BCUT2D eigenvalue weighted by atomic mass is 16.7. The van der Waals surface area contributed by atoms with Crippen molar-refractivity contribution in [1.82, 2.24) is 0 Å². The van der Waals surface area contributed by atoms with Crippen LogP contribution in [0.25, 0.3) is 0 Å². The molecule has 0 aliphatic carbocycles. The van der Waals surface area contributed by atoms with Gasteiger partial charge in [-0.15, -0.1) is 0 Å². The molecule has 0 aromatic heterocycles. The number of hydrogen-bond acceptors (Lipinski definition) is 21. The molecule has 0 bridgehead atoms. The van der Waals surface area contributed by atoms with Crippen LogP contribution in [0.2, 0.25) is 0 Å². The summed E-state index contributed by atoms with van der Waals surface area (Å²) in [7, 11) is 0. The van der Waals surface area contributed by atoms with Crippen LogP contribution in [0.3, 0.4) is 0 Å². The van der Waals surface area contributed by atoms with Gasteiger partial charge in [0.15, 0.2) is 25.2 Å². The summed E-state index contributed by atoms with van der Waals surface area (Å²) in [5.41, 5.74) is 0. The number of hydrogen-bond donors (Lipinski definition) is 14. The minimum absolute atomic E-state index is 0.643. The molecule has 21 heteroatoms. The summed E-state index contributed by atoms with van der Waals surface area (Å²) in [6, 6.07) is 0. The van der Waals surface area contributed by atoms with Crippen LogP contribution in [-0.4, -0.2) is 221 Å². The van der Waals surface area contributed by atoms with Crippen molar-refractivity contribution in [1.29, 1.82) is 0 Å². The molecule has 0 radical (unpaired) electrons. The molecule has 45 heavy (non-hydrogen) atoms. The van der Waals surface area contributed by atoms with Gasteiger partial charge in [-0.3, -0.25) is 0 Å². The minimum atomic E-state index is -2.01. The summed E-state index contributed by atoms with van der Waals surface area (Å²) >= 11 is 0. The van der Waals surface area contributed by atoms with Crippen molar-refractivity contribution >= 4 is 0 Å². The van der Waals surface area contributed by atoms with Crippen molar-refractivity contribution in [3.8, 4) is 0 Å². The van der Waals surface area contributed by atoms with E-state index in [0.29, 0.717) is 0 Å². The maximum atomic E-state index is 10.8. The third-order valence-corrected chi connectivity index (χ3v) is 8.17. The summed E-state index contributed by atoms with van der Waals surface area (Å²) < 4.78 is 37.2. The Morgan fingerprint density at radius 1 is 0.378 bits per heavy atom. The lowest BCUT2D eigenvalue weighted by atomic mass is 9.97. The largest absolute Gasteiger partial charge is 0.394 e. The van der Waals surface area contributed by atoms with Gasteiger partial charge in [-0.05, 0) is 0 Å². The minimum Gasteiger partial charge on any atom is -0.394 e. The lowest BCUT2D eigenvalue weighted by Gasteiger charge is -2.46. The van der Waals surface area contributed by atoms with Crippen LogP contribution in [0, 0.1) is 0 Å². The third kappa shape index (κ3) is 7.75. The van der Waals surface area contributed by atoms with Crippen molar-refractivity contribution in [2.75, 3.05) is 26.4 Å². The lowest BCUT2D eigenvalue weighted by Crippen LogP contribution is -2.65. The number of ether oxygens (including phenoxy) is 7. The van der Waals surface area contributed by atoms with Crippen molar-refractivity contribution in [2.45, 2.75) is 123 Å². The zero-order valence-electron chi connectivity index (χ0n) is 23.5. The Hall–Kier alpha value is -0.840. The Bertz CT molecular complexity index is 914. The molecule has 4 heterocycles. The molecule has 264 valence electrons. The van der Waals surface area contributed by atoms with Gasteiger partial charge in [0.25, 0.3) is 0 Å². The van der Waals surface area contributed by atoms with Gasteiger partial charge in [-0.1, -0.05) is 0 Å². The van der Waals surface area contributed by atoms with Gasteiger partial charge in [-0.2, -0.15) is 0 Å². The van der Waals surface area contributed by atoms with Crippen LogP contribution in [0.5, 0.6) is 0 Å². The normalized spacial score (nSPS) is 52.9. The van der Waals surface area contributed by atoms with Gasteiger partial charge < -0.3 is 105 Å². The Labute approximate surface area is 254 Å². The van der Waals surface area contributed by atoms with E-state index in [2.05, 4.69) is 0 Å². The standard InChI is InChI=1S/C24H42O21/c25-1-5-9(27)13(31)16(34)22(42-5)39-3-7-11(29)15(33)17(35)23(44-7)40-4-8-12(30)20(19(37)21(38)41-8)45-24-18(36)14(32)10(28)6(2-26)43-24/h5-38H,1-4H2/t5-,6-,7-,8-,9-,10-,11-,12-,13+,14+,15+,16+,17+,18+,19+,20+,21+,22+,23+,24-/m1/s1. The molecule has 21 nitrogen and oxygen atoms in total. The summed E-state index contributed by atoms with van der Waals surface area (Å²) in [6.45, 7) is -2.88. The number of aliphatic hydroxyl groups is 14. The highest BCUT2D eigenvalue weighted by Crippen LogP contribution is 2.30. The van der Waals surface area contributed by atoms with Gasteiger partial charge in [0.05, 0.1) is 26.4 Å². The highest BCUT2D eigenvalue weighted by molar-refractivity contribution is 4.95. The van der Waals surface area contributed by atoms with Gasteiger partial charge in [0.1, 0.15) is 97.7 Å². The van der Waals surface area contributed by atoms with E-state index >= 15 is 0 Å². The van der Waals surface area contributed by atoms with E-state index in [0.717, 1.165) is 0 Å². The maximum Gasteiger partial charge on any atom is 0.187 e. The molecule has 4 fully saturated rings. The summed E-state index contributed by atoms with van der Waals surface area (Å²) in [5, 5.41) is 141. The average Bonchev–Trinajstić information content (AvgIpc) is 3.02.